The van der Waals surface area contributed by atoms with Crippen molar-refractivity contribution in [3.8, 4) is 5.75 Å². The first kappa shape index (κ1) is 12.2. The van der Waals surface area contributed by atoms with E-state index in [9.17, 15) is 4.79 Å². The number of anilines is 1. The van der Waals surface area contributed by atoms with Gasteiger partial charge in [-0.15, -0.1) is 0 Å². The Morgan fingerprint density at radius 1 is 1.17 bits per heavy atom. The molecule has 0 fully saturated rings. The van der Waals surface area contributed by atoms with E-state index in [4.69, 9.17) is 10.5 Å². The van der Waals surface area contributed by atoms with Crippen LogP contribution in [-0.2, 0) is 11.2 Å². The van der Waals surface area contributed by atoms with Crippen molar-refractivity contribution in [3.05, 3.63) is 59.7 Å². The fourth-order valence-electron chi connectivity index (χ4n) is 1.64. The number of rotatable bonds is 3. The molecule has 0 aliphatic heterocycles. The average Bonchev–Trinajstić information content (AvgIpc) is 2.32. The molecule has 2 rings (SSSR count). The molecule has 0 saturated carbocycles. The molecule has 18 heavy (non-hydrogen) atoms. The summed E-state index contributed by atoms with van der Waals surface area (Å²) < 4.78 is 5.23. The van der Waals surface area contributed by atoms with Crippen molar-refractivity contribution in [1.29, 1.82) is 0 Å². The van der Waals surface area contributed by atoms with Crippen LogP contribution in [-0.4, -0.2) is 5.97 Å². The Balaban J connectivity index is 1.98. The van der Waals surface area contributed by atoms with E-state index in [1.54, 1.807) is 24.3 Å². The van der Waals surface area contributed by atoms with Crippen LogP contribution in [0.3, 0.4) is 0 Å². The fraction of sp³-hybridized carbons (Fsp3) is 0.133. The molecule has 0 amide bonds. The summed E-state index contributed by atoms with van der Waals surface area (Å²) in [5.41, 5.74) is 8.28. The largest absolute Gasteiger partial charge is 0.426 e. The minimum absolute atomic E-state index is 0.221. The van der Waals surface area contributed by atoms with Crippen LogP contribution in [0.5, 0.6) is 5.75 Å². The third-order valence-electron chi connectivity index (χ3n) is 2.55. The van der Waals surface area contributed by atoms with Crippen molar-refractivity contribution in [1.82, 2.24) is 0 Å². The maximum absolute atomic E-state index is 11.7. The Kier molecular flexibility index (Phi) is 3.63. The van der Waals surface area contributed by atoms with Crippen molar-refractivity contribution in [2.24, 2.45) is 0 Å². The van der Waals surface area contributed by atoms with Gasteiger partial charge >= 0.3 is 5.97 Å². The first-order chi connectivity index (χ1) is 8.63. The van der Waals surface area contributed by atoms with E-state index in [0.717, 1.165) is 11.1 Å². The highest BCUT2D eigenvalue weighted by Crippen LogP contribution is 2.13. The number of nitrogen functional groups attached to an aromatic ring is 1. The number of aryl methyl sites for hydroxylation is 1. The van der Waals surface area contributed by atoms with Gasteiger partial charge in [0, 0.05) is 5.69 Å². The molecular formula is C15H15NO2. The minimum Gasteiger partial charge on any atom is -0.426 e. The van der Waals surface area contributed by atoms with Gasteiger partial charge in [-0.05, 0) is 36.8 Å². The summed E-state index contributed by atoms with van der Waals surface area (Å²) >= 11 is 0. The molecule has 3 nitrogen and oxygen atoms in total. The second-order valence-corrected chi connectivity index (χ2v) is 4.21. The molecule has 0 spiro atoms. The van der Waals surface area contributed by atoms with E-state index >= 15 is 0 Å². The molecule has 0 unspecified atom stereocenters. The molecule has 3 heteroatoms. The standard InChI is InChI=1S/C15H15NO2/c1-11-5-7-14(8-6-11)18-15(17)10-12-3-2-4-13(16)9-12/h2-9H,10,16H2,1H3. The SMILES string of the molecule is Cc1ccc(OC(=O)Cc2cccc(N)c2)cc1. The quantitative estimate of drug-likeness (QED) is 0.510. The third-order valence-corrected chi connectivity index (χ3v) is 2.55. The second kappa shape index (κ2) is 5.36. The summed E-state index contributed by atoms with van der Waals surface area (Å²) in [6.07, 6.45) is 0.221. The second-order valence-electron chi connectivity index (χ2n) is 4.21. The van der Waals surface area contributed by atoms with Gasteiger partial charge < -0.3 is 10.5 Å². The molecule has 92 valence electrons. The Hall–Kier alpha value is -2.29. The number of nitrogens with two attached hydrogens (primary N) is 1. The van der Waals surface area contributed by atoms with E-state index in [0.29, 0.717) is 11.4 Å². The summed E-state index contributed by atoms with van der Waals surface area (Å²) in [7, 11) is 0. The summed E-state index contributed by atoms with van der Waals surface area (Å²) in [4.78, 5) is 11.7. The molecule has 0 heterocycles. The summed E-state index contributed by atoms with van der Waals surface area (Å²) in [5, 5.41) is 0. The molecule has 2 aromatic carbocycles. The zero-order valence-corrected chi connectivity index (χ0v) is 10.2. The van der Waals surface area contributed by atoms with Gasteiger partial charge in [0.25, 0.3) is 0 Å². The maximum atomic E-state index is 11.7. The highest BCUT2D eigenvalue weighted by Gasteiger charge is 2.06. The number of ether oxygens (including phenoxy) is 1. The number of carbonyl (C=O) groups excluding carboxylic acids is 1. The van der Waals surface area contributed by atoms with Gasteiger partial charge in [0.05, 0.1) is 6.42 Å². The lowest BCUT2D eigenvalue weighted by molar-refractivity contribution is -0.133. The van der Waals surface area contributed by atoms with Gasteiger partial charge in [0.15, 0.2) is 0 Å². The van der Waals surface area contributed by atoms with Crippen LogP contribution in [0, 0.1) is 6.92 Å². The number of hydrogen-bond acceptors (Lipinski definition) is 3. The number of carbonyl (C=O) groups is 1. The maximum Gasteiger partial charge on any atom is 0.315 e. The van der Waals surface area contributed by atoms with Crippen LogP contribution in [0.1, 0.15) is 11.1 Å². The lowest BCUT2D eigenvalue weighted by atomic mass is 10.1. The van der Waals surface area contributed by atoms with Crippen LogP contribution in [0.15, 0.2) is 48.5 Å². The Bertz CT molecular complexity index is 547. The zero-order valence-electron chi connectivity index (χ0n) is 10.2. The molecule has 0 bridgehead atoms. The van der Waals surface area contributed by atoms with Crippen LogP contribution >= 0.6 is 0 Å². The predicted molar refractivity (Wildman–Crippen MR) is 71.4 cm³/mol. The van der Waals surface area contributed by atoms with Gasteiger partial charge in [-0.3, -0.25) is 4.79 Å². The van der Waals surface area contributed by atoms with Gasteiger partial charge in [0.1, 0.15) is 5.75 Å². The molecule has 2 N–H and O–H groups in total. The topological polar surface area (TPSA) is 52.3 Å². The first-order valence-corrected chi connectivity index (χ1v) is 5.75. The van der Waals surface area contributed by atoms with Crippen LogP contribution in [0.4, 0.5) is 5.69 Å². The normalized spacial score (nSPS) is 10.1. The smallest absolute Gasteiger partial charge is 0.315 e. The molecule has 0 saturated heterocycles. The van der Waals surface area contributed by atoms with Crippen molar-refractivity contribution < 1.29 is 9.53 Å². The molecule has 0 radical (unpaired) electrons. The van der Waals surface area contributed by atoms with Crippen LogP contribution < -0.4 is 10.5 Å². The Morgan fingerprint density at radius 2 is 1.89 bits per heavy atom. The fourth-order valence-corrected chi connectivity index (χ4v) is 1.64. The van der Waals surface area contributed by atoms with E-state index in [2.05, 4.69) is 0 Å². The number of esters is 1. The summed E-state index contributed by atoms with van der Waals surface area (Å²) in [6.45, 7) is 1.98. The first-order valence-electron chi connectivity index (χ1n) is 5.75. The number of hydrogen-bond donors (Lipinski definition) is 1. The van der Waals surface area contributed by atoms with Gasteiger partial charge in [-0.1, -0.05) is 29.8 Å². The van der Waals surface area contributed by atoms with E-state index in [1.165, 1.54) is 0 Å². The molecule has 2 aromatic rings. The van der Waals surface area contributed by atoms with Gasteiger partial charge in [0.2, 0.25) is 0 Å². The van der Waals surface area contributed by atoms with E-state index < -0.39 is 0 Å². The number of benzene rings is 2. The third kappa shape index (κ3) is 3.35. The van der Waals surface area contributed by atoms with Gasteiger partial charge in [-0.2, -0.15) is 0 Å². The summed E-state index contributed by atoms with van der Waals surface area (Å²) in [6, 6.07) is 14.6. The van der Waals surface area contributed by atoms with Crippen molar-refractivity contribution in [2.75, 3.05) is 5.73 Å². The highest BCUT2D eigenvalue weighted by atomic mass is 16.5. The van der Waals surface area contributed by atoms with Crippen molar-refractivity contribution >= 4 is 11.7 Å². The zero-order chi connectivity index (χ0) is 13.0. The lowest BCUT2D eigenvalue weighted by Crippen LogP contribution is -2.11. The Labute approximate surface area is 106 Å². The Morgan fingerprint density at radius 3 is 2.56 bits per heavy atom. The predicted octanol–water partition coefficient (Wildman–Crippen LogP) is 2.73. The van der Waals surface area contributed by atoms with Crippen LogP contribution in [0.2, 0.25) is 0 Å². The van der Waals surface area contributed by atoms with E-state index in [1.807, 2.05) is 31.2 Å². The van der Waals surface area contributed by atoms with E-state index in [-0.39, 0.29) is 12.4 Å². The molecule has 0 aliphatic rings. The minimum atomic E-state index is -0.288. The van der Waals surface area contributed by atoms with Crippen molar-refractivity contribution in [2.45, 2.75) is 13.3 Å². The molecule has 0 aromatic heterocycles. The molecular weight excluding hydrogens is 226 g/mol. The molecule has 0 atom stereocenters. The highest BCUT2D eigenvalue weighted by molar-refractivity contribution is 5.75. The lowest BCUT2D eigenvalue weighted by Gasteiger charge is -2.05. The average molecular weight is 241 g/mol. The van der Waals surface area contributed by atoms with Gasteiger partial charge in [-0.25, -0.2) is 0 Å². The summed E-state index contributed by atoms with van der Waals surface area (Å²) in [5.74, 6) is 0.277. The molecule has 0 aliphatic carbocycles. The van der Waals surface area contributed by atoms with Crippen molar-refractivity contribution in [3.63, 3.8) is 0 Å². The monoisotopic (exact) mass is 241 g/mol. The van der Waals surface area contributed by atoms with Crippen LogP contribution in [0.25, 0.3) is 0 Å².